The second-order valence-electron chi connectivity index (χ2n) is 3.89. The highest BCUT2D eigenvalue weighted by molar-refractivity contribution is 5.94. The number of aryl methyl sites for hydroxylation is 1. The van der Waals surface area contributed by atoms with Gasteiger partial charge in [-0.15, -0.1) is 0 Å². The number of hydrogen-bond donors (Lipinski definition) is 1. The van der Waals surface area contributed by atoms with Gasteiger partial charge in [0.25, 0.3) is 5.91 Å². The van der Waals surface area contributed by atoms with Gasteiger partial charge in [-0.1, -0.05) is 31.0 Å². The maximum absolute atomic E-state index is 11.6. The zero-order chi connectivity index (χ0) is 12.0. The Bertz CT molecular complexity index is 332. The highest BCUT2D eigenvalue weighted by Crippen LogP contribution is 2.16. The fourth-order valence-electron chi connectivity index (χ4n) is 1.52. The minimum Gasteiger partial charge on any atom is -0.387 e. The largest absolute Gasteiger partial charge is 0.387 e. The molecule has 0 heterocycles. The Balaban J connectivity index is 2.82. The van der Waals surface area contributed by atoms with Crippen LogP contribution in [0.4, 0.5) is 5.69 Å². The van der Waals surface area contributed by atoms with Crippen molar-refractivity contribution in [2.45, 2.75) is 26.7 Å². The van der Waals surface area contributed by atoms with E-state index in [2.05, 4.69) is 6.92 Å². The molecule has 0 spiro atoms. The Morgan fingerprint density at radius 2 is 1.94 bits per heavy atom. The molecule has 0 unspecified atom stereocenters. The lowest BCUT2D eigenvalue weighted by atomic mass is 10.2. The molecule has 0 aromatic heterocycles. The first kappa shape index (κ1) is 12.7. The van der Waals surface area contributed by atoms with Gasteiger partial charge in [0.2, 0.25) is 0 Å². The number of carbonyl (C=O) groups is 1. The van der Waals surface area contributed by atoms with Crippen LogP contribution in [-0.2, 0) is 4.79 Å². The minimum absolute atomic E-state index is 0.239. The van der Waals surface area contributed by atoms with Crippen LogP contribution in [0.2, 0.25) is 0 Å². The summed E-state index contributed by atoms with van der Waals surface area (Å²) in [6.07, 6.45) is 1.97. The van der Waals surface area contributed by atoms with Crippen molar-refractivity contribution < 1.29 is 9.90 Å². The van der Waals surface area contributed by atoms with Crippen molar-refractivity contribution in [1.82, 2.24) is 0 Å². The number of carbonyl (C=O) groups excluding carboxylic acids is 1. The van der Waals surface area contributed by atoms with Gasteiger partial charge in [-0.25, -0.2) is 0 Å². The zero-order valence-corrected chi connectivity index (χ0v) is 9.94. The van der Waals surface area contributed by atoms with Crippen LogP contribution in [0.15, 0.2) is 24.3 Å². The first-order valence-electron chi connectivity index (χ1n) is 5.67. The third kappa shape index (κ3) is 3.35. The number of amides is 1. The van der Waals surface area contributed by atoms with Crippen LogP contribution in [0.1, 0.15) is 25.3 Å². The van der Waals surface area contributed by atoms with Crippen LogP contribution < -0.4 is 4.90 Å². The lowest BCUT2D eigenvalue weighted by Gasteiger charge is -2.21. The van der Waals surface area contributed by atoms with Gasteiger partial charge in [0.05, 0.1) is 0 Å². The molecule has 1 rings (SSSR count). The molecule has 0 fully saturated rings. The number of benzene rings is 1. The van der Waals surface area contributed by atoms with Gasteiger partial charge in [0.1, 0.15) is 6.61 Å². The maximum atomic E-state index is 11.6. The molecule has 1 aromatic rings. The third-order valence-corrected chi connectivity index (χ3v) is 2.52. The molecular weight excluding hydrogens is 202 g/mol. The fraction of sp³-hybridized carbons (Fsp3) is 0.462. The van der Waals surface area contributed by atoms with E-state index in [0.29, 0.717) is 6.54 Å². The van der Waals surface area contributed by atoms with E-state index in [1.165, 1.54) is 0 Å². The average Bonchev–Trinajstić information content (AvgIpc) is 2.31. The second-order valence-corrected chi connectivity index (χ2v) is 3.89. The number of nitrogens with zero attached hydrogens (tertiary/aromatic N) is 1. The van der Waals surface area contributed by atoms with E-state index < -0.39 is 6.61 Å². The predicted molar refractivity (Wildman–Crippen MR) is 65.5 cm³/mol. The molecule has 0 saturated heterocycles. The third-order valence-electron chi connectivity index (χ3n) is 2.52. The minimum atomic E-state index is -0.433. The van der Waals surface area contributed by atoms with Crippen molar-refractivity contribution in [3.8, 4) is 0 Å². The molecule has 1 N–H and O–H groups in total. The summed E-state index contributed by atoms with van der Waals surface area (Å²) in [5, 5.41) is 8.93. The highest BCUT2D eigenvalue weighted by Gasteiger charge is 2.13. The second kappa shape index (κ2) is 6.28. The first-order valence-corrected chi connectivity index (χ1v) is 5.67. The number of unbranched alkanes of at least 4 members (excludes halogenated alkanes) is 1. The van der Waals surface area contributed by atoms with Gasteiger partial charge in [-0.3, -0.25) is 4.79 Å². The highest BCUT2D eigenvalue weighted by atomic mass is 16.3. The Labute approximate surface area is 96.7 Å². The fourth-order valence-corrected chi connectivity index (χ4v) is 1.52. The van der Waals surface area contributed by atoms with E-state index in [1.54, 1.807) is 4.90 Å². The number of hydrogen-bond acceptors (Lipinski definition) is 2. The van der Waals surface area contributed by atoms with Crippen LogP contribution in [0, 0.1) is 6.92 Å². The maximum Gasteiger partial charge on any atom is 0.252 e. The monoisotopic (exact) mass is 221 g/mol. The molecule has 1 amide bonds. The van der Waals surface area contributed by atoms with Gasteiger partial charge in [0, 0.05) is 12.2 Å². The topological polar surface area (TPSA) is 40.5 Å². The van der Waals surface area contributed by atoms with Crippen molar-refractivity contribution in [2.75, 3.05) is 18.1 Å². The zero-order valence-electron chi connectivity index (χ0n) is 9.94. The van der Waals surface area contributed by atoms with Crippen molar-refractivity contribution >= 4 is 11.6 Å². The SMILES string of the molecule is CCCCN(C(=O)CO)c1ccc(C)cc1. The van der Waals surface area contributed by atoms with Crippen molar-refractivity contribution in [3.05, 3.63) is 29.8 Å². The number of anilines is 1. The van der Waals surface area contributed by atoms with Crippen molar-refractivity contribution in [1.29, 1.82) is 0 Å². The van der Waals surface area contributed by atoms with Gasteiger partial charge in [0.15, 0.2) is 0 Å². The normalized spacial score (nSPS) is 10.2. The van der Waals surface area contributed by atoms with E-state index in [9.17, 15) is 4.79 Å². The summed E-state index contributed by atoms with van der Waals surface area (Å²) in [6, 6.07) is 7.77. The van der Waals surface area contributed by atoms with Crippen molar-refractivity contribution in [2.24, 2.45) is 0 Å². The summed E-state index contributed by atoms with van der Waals surface area (Å²) in [5.74, 6) is -0.239. The van der Waals surface area contributed by atoms with Gasteiger partial charge < -0.3 is 10.0 Å². The molecule has 0 saturated carbocycles. The summed E-state index contributed by atoms with van der Waals surface area (Å²) in [7, 11) is 0. The molecule has 16 heavy (non-hydrogen) atoms. The van der Waals surface area contributed by atoms with Crippen LogP contribution in [0.25, 0.3) is 0 Å². The first-order chi connectivity index (χ1) is 7.69. The molecule has 3 heteroatoms. The molecule has 88 valence electrons. The van der Waals surface area contributed by atoms with E-state index >= 15 is 0 Å². The van der Waals surface area contributed by atoms with Crippen LogP contribution in [-0.4, -0.2) is 24.2 Å². The lowest BCUT2D eigenvalue weighted by Crippen LogP contribution is -2.34. The molecule has 0 bridgehead atoms. The van der Waals surface area contributed by atoms with Crippen LogP contribution in [0.5, 0.6) is 0 Å². The molecule has 0 aliphatic heterocycles. The average molecular weight is 221 g/mol. The molecule has 0 atom stereocenters. The molecule has 0 radical (unpaired) electrons. The standard InChI is InChI=1S/C13H19NO2/c1-3-4-9-14(13(16)10-15)12-7-5-11(2)6-8-12/h5-8,15H,3-4,9-10H2,1-2H3. The quantitative estimate of drug-likeness (QED) is 0.827. The summed E-state index contributed by atoms with van der Waals surface area (Å²) < 4.78 is 0. The Morgan fingerprint density at radius 3 is 2.44 bits per heavy atom. The Morgan fingerprint density at radius 1 is 1.31 bits per heavy atom. The van der Waals surface area contributed by atoms with Gasteiger partial charge in [-0.05, 0) is 25.5 Å². The lowest BCUT2D eigenvalue weighted by molar-refractivity contribution is -0.121. The molecular formula is C13H19NO2. The van der Waals surface area contributed by atoms with Crippen molar-refractivity contribution in [3.63, 3.8) is 0 Å². The summed E-state index contributed by atoms with van der Waals surface area (Å²) in [5.41, 5.74) is 2.02. The van der Waals surface area contributed by atoms with Gasteiger partial charge in [-0.2, -0.15) is 0 Å². The number of rotatable bonds is 5. The summed E-state index contributed by atoms with van der Waals surface area (Å²) >= 11 is 0. The molecule has 0 aliphatic carbocycles. The van der Waals surface area contributed by atoms with Crippen LogP contribution >= 0.6 is 0 Å². The van der Waals surface area contributed by atoms with E-state index in [0.717, 1.165) is 24.1 Å². The predicted octanol–water partition coefficient (Wildman–Crippen LogP) is 2.12. The molecule has 0 aliphatic rings. The summed E-state index contributed by atoms with van der Waals surface area (Å²) in [6.45, 7) is 4.32. The van der Waals surface area contributed by atoms with Crippen LogP contribution in [0.3, 0.4) is 0 Å². The number of aliphatic hydroxyl groups excluding tert-OH is 1. The summed E-state index contributed by atoms with van der Waals surface area (Å²) in [4.78, 5) is 13.2. The van der Waals surface area contributed by atoms with E-state index in [4.69, 9.17) is 5.11 Å². The van der Waals surface area contributed by atoms with E-state index in [1.807, 2.05) is 31.2 Å². The molecule has 1 aromatic carbocycles. The smallest absolute Gasteiger partial charge is 0.252 e. The van der Waals surface area contributed by atoms with E-state index in [-0.39, 0.29) is 5.91 Å². The number of aliphatic hydroxyl groups is 1. The Hall–Kier alpha value is -1.35. The Kier molecular flexibility index (Phi) is 4.99. The molecule has 3 nitrogen and oxygen atoms in total. The van der Waals surface area contributed by atoms with Gasteiger partial charge >= 0.3 is 0 Å².